The summed E-state index contributed by atoms with van der Waals surface area (Å²) in [5.41, 5.74) is 6.89. The van der Waals surface area contributed by atoms with Gasteiger partial charge in [-0.15, -0.1) is 0 Å². The van der Waals surface area contributed by atoms with Gasteiger partial charge in [0.25, 0.3) is 0 Å². The molecule has 0 aromatic carbocycles. The first-order valence-electron chi connectivity index (χ1n) is 6.01. The van der Waals surface area contributed by atoms with Crippen LogP contribution in [0.3, 0.4) is 0 Å². The van der Waals surface area contributed by atoms with Gasteiger partial charge < -0.3 is 11.1 Å². The molecule has 0 aliphatic rings. The van der Waals surface area contributed by atoms with Crippen LogP contribution in [-0.4, -0.2) is 23.5 Å². The zero-order chi connectivity index (χ0) is 12.7. The van der Waals surface area contributed by atoms with E-state index in [2.05, 4.69) is 24.1 Å². The quantitative estimate of drug-likeness (QED) is 0.776. The van der Waals surface area contributed by atoms with Gasteiger partial charge in [-0.2, -0.15) is 0 Å². The molecule has 17 heavy (non-hydrogen) atoms. The lowest BCUT2D eigenvalue weighted by Gasteiger charge is -2.13. The van der Waals surface area contributed by atoms with Gasteiger partial charge in [0, 0.05) is 18.9 Å². The fourth-order valence-corrected chi connectivity index (χ4v) is 1.62. The highest BCUT2D eigenvalue weighted by Gasteiger charge is 2.13. The average molecular weight is 235 g/mol. The zero-order valence-electron chi connectivity index (χ0n) is 10.5. The zero-order valence-corrected chi connectivity index (χ0v) is 10.5. The summed E-state index contributed by atoms with van der Waals surface area (Å²) < 4.78 is 0. The van der Waals surface area contributed by atoms with E-state index in [1.54, 1.807) is 12.4 Å². The Bertz CT molecular complexity index is 338. The molecule has 1 atom stereocenters. The van der Waals surface area contributed by atoms with Crippen LogP contribution in [0.25, 0.3) is 0 Å². The number of nitrogens with two attached hydrogens (primary N) is 1. The molecule has 0 fully saturated rings. The van der Waals surface area contributed by atoms with Gasteiger partial charge in [-0.3, -0.25) is 9.78 Å². The van der Waals surface area contributed by atoms with E-state index in [0.29, 0.717) is 12.5 Å². The molecule has 0 spiro atoms. The lowest BCUT2D eigenvalue weighted by atomic mass is 10.0. The molecule has 1 heterocycles. The Kier molecular flexibility index (Phi) is 5.63. The number of carbonyl (C=O) groups is 1. The van der Waals surface area contributed by atoms with Crippen molar-refractivity contribution in [2.45, 2.75) is 32.7 Å². The van der Waals surface area contributed by atoms with E-state index in [-0.39, 0.29) is 5.91 Å². The van der Waals surface area contributed by atoms with E-state index in [4.69, 9.17) is 5.73 Å². The highest BCUT2D eigenvalue weighted by molar-refractivity contribution is 5.81. The van der Waals surface area contributed by atoms with Crippen molar-refractivity contribution < 1.29 is 4.79 Å². The minimum atomic E-state index is -0.399. The van der Waals surface area contributed by atoms with Crippen molar-refractivity contribution >= 4 is 5.91 Å². The molecule has 4 heteroatoms. The van der Waals surface area contributed by atoms with Crippen LogP contribution >= 0.6 is 0 Å². The van der Waals surface area contributed by atoms with Crippen LogP contribution in [0.15, 0.2) is 24.5 Å². The normalized spacial score (nSPS) is 12.5. The maximum absolute atomic E-state index is 11.6. The summed E-state index contributed by atoms with van der Waals surface area (Å²) in [4.78, 5) is 15.6. The number of carbonyl (C=O) groups excluding carboxylic acids is 1. The number of hydrogen-bond donors (Lipinski definition) is 2. The van der Waals surface area contributed by atoms with Crippen molar-refractivity contribution in [3.8, 4) is 0 Å². The van der Waals surface area contributed by atoms with Crippen molar-refractivity contribution in [2.75, 3.05) is 6.54 Å². The fourth-order valence-electron chi connectivity index (χ4n) is 1.62. The van der Waals surface area contributed by atoms with Crippen molar-refractivity contribution in [3.63, 3.8) is 0 Å². The Morgan fingerprint density at radius 3 is 2.88 bits per heavy atom. The van der Waals surface area contributed by atoms with Gasteiger partial charge in [0.1, 0.15) is 0 Å². The molecule has 0 aliphatic heterocycles. The van der Waals surface area contributed by atoms with Gasteiger partial charge in [-0.1, -0.05) is 19.9 Å². The molecule has 3 N–H and O–H groups in total. The van der Waals surface area contributed by atoms with E-state index < -0.39 is 6.04 Å². The fraction of sp³-hybridized carbons (Fsp3) is 0.538. The van der Waals surface area contributed by atoms with Gasteiger partial charge in [-0.25, -0.2) is 0 Å². The Labute approximate surface area is 103 Å². The number of aromatic nitrogens is 1. The van der Waals surface area contributed by atoms with Crippen LogP contribution in [0.4, 0.5) is 0 Å². The summed E-state index contributed by atoms with van der Waals surface area (Å²) in [7, 11) is 0. The number of nitrogens with zero attached hydrogens (tertiary/aromatic N) is 1. The SMILES string of the molecule is CC(C)CC(N)C(=O)NCCc1cccnc1. The highest BCUT2D eigenvalue weighted by atomic mass is 16.2. The minimum Gasteiger partial charge on any atom is -0.354 e. The summed E-state index contributed by atoms with van der Waals surface area (Å²) >= 11 is 0. The Morgan fingerprint density at radius 1 is 1.53 bits per heavy atom. The first-order chi connectivity index (χ1) is 8.09. The van der Waals surface area contributed by atoms with Crippen LogP contribution in [0.2, 0.25) is 0 Å². The molecule has 1 aromatic rings. The summed E-state index contributed by atoms with van der Waals surface area (Å²) in [6.45, 7) is 4.72. The van der Waals surface area contributed by atoms with Crippen LogP contribution in [0.1, 0.15) is 25.8 Å². The molecule has 4 nitrogen and oxygen atoms in total. The smallest absolute Gasteiger partial charge is 0.236 e. The van der Waals surface area contributed by atoms with E-state index in [1.807, 2.05) is 12.1 Å². The molecule has 1 aromatic heterocycles. The Balaban J connectivity index is 2.24. The second-order valence-electron chi connectivity index (χ2n) is 4.64. The third-order valence-corrected chi connectivity index (χ3v) is 2.50. The van der Waals surface area contributed by atoms with Crippen molar-refractivity contribution in [3.05, 3.63) is 30.1 Å². The van der Waals surface area contributed by atoms with E-state index in [0.717, 1.165) is 18.4 Å². The number of rotatable bonds is 6. The number of nitrogens with one attached hydrogen (secondary N) is 1. The standard InChI is InChI=1S/C13H21N3O/c1-10(2)8-12(14)13(17)16-7-5-11-4-3-6-15-9-11/h3-4,6,9-10,12H,5,7-8,14H2,1-2H3,(H,16,17). The van der Waals surface area contributed by atoms with E-state index in [1.165, 1.54) is 0 Å². The van der Waals surface area contributed by atoms with Crippen molar-refractivity contribution in [1.82, 2.24) is 10.3 Å². The molecular weight excluding hydrogens is 214 g/mol. The minimum absolute atomic E-state index is 0.0670. The molecule has 1 unspecified atom stereocenters. The Morgan fingerprint density at radius 2 is 2.29 bits per heavy atom. The summed E-state index contributed by atoms with van der Waals surface area (Å²) in [6, 6.07) is 3.48. The summed E-state index contributed by atoms with van der Waals surface area (Å²) in [6.07, 6.45) is 5.05. The third kappa shape index (κ3) is 5.45. The molecule has 1 amide bonds. The lowest BCUT2D eigenvalue weighted by Crippen LogP contribution is -2.42. The van der Waals surface area contributed by atoms with Crippen LogP contribution in [0.5, 0.6) is 0 Å². The first kappa shape index (κ1) is 13.6. The maximum Gasteiger partial charge on any atom is 0.236 e. The van der Waals surface area contributed by atoms with Gasteiger partial charge >= 0.3 is 0 Å². The largest absolute Gasteiger partial charge is 0.354 e. The van der Waals surface area contributed by atoms with Crippen LogP contribution in [-0.2, 0) is 11.2 Å². The number of pyridine rings is 1. The highest BCUT2D eigenvalue weighted by Crippen LogP contribution is 2.02. The summed E-state index contributed by atoms with van der Waals surface area (Å²) in [5, 5.41) is 2.84. The second kappa shape index (κ2) is 7.01. The van der Waals surface area contributed by atoms with Gasteiger partial charge in [0.15, 0.2) is 0 Å². The predicted molar refractivity (Wildman–Crippen MR) is 68.4 cm³/mol. The Hall–Kier alpha value is -1.42. The molecule has 94 valence electrons. The monoisotopic (exact) mass is 235 g/mol. The van der Waals surface area contributed by atoms with Gasteiger partial charge in [-0.05, 0) is 30.4 Å². The molecule has 1 rings (SSSR count). The molecular formula is C13H21N3O. The molecule has 0 aliphatic carbocycles. The molecule has 0 bridgehead atoms. The summed E-state index contributed by atoms with van der Waals surface area (Å²) in [5.74, 6) is 0.372. The van der Waals surface area contributed by atoms with Gasteiger partial charge in [0.2, 0.25) is 5.91 Å². The maximum atomic E-state index is 11.6. The topological polar surface area (TPSA) is 68.0 Å². The van der Waals surface area contributed by atoms with Crippen LogP contribution in [0, 0.1) is 5.92 Å². The second-order valence-corrected chi connectivity index (χ2v) is 4.64. The molecule has 0 saturated heterocycles. The lowest BCUT2D eigenvalue weighted by molar-refractivity contribution is -0.122. The van der Waals surface area contributed by atoms with E-state index >= 15 is 0 Å². The van der Waals surface area contributed by atoms with Crippen molar-refractivity contribution in [1.29, 1.82) is 0 Å². The first-order valence-corrected chi connectivity index (χ1v) is 6.01. The number of amides is 1. The van der Waals surface area contributed by atoms with Gasteiger partial charge in [0.05, 0.1) is 6.04 Å². The predicted octanol–water partition coefficient (Wildman–Crippen LogP) is 1.11. The third-order valence-electron chi connectivity index (χ3n) is 2.50. The molecule has 0 saturated carbocycles. The number of hydrogen-bond acceptors (Lipinski definition) is 3. The average Bonchev–Trinajstić information content (AvgIpc) is 2.29. The van der Waals surface area contributed by atoms with Crippen LogP contribution < -0.4 is 11.1 Å². The van der Waals surface area contributed by atoms with Crippen molar-refractivity contribution in [2.24, 2.45) is 11.7 Å². The van der Waals surface area contributed by atoms with E-state index in [9.17, 15) is 4.79 Å². The molecule has 0 radical (unpaired) electrons.